The Morgan fingerprint density at radius 2 is 1.62 bits per heavy atom. The molecule has 0 aromatic heterocycles. The fourth-order valence-corrected chi connectivity index (χ4v) is 11.5. The highest BCUT2D eigenvalue weighted by Crippen LogP contribution is 2.75. The lowest BCUT2D eigenvalue weighted by atomic mass is 9.33. The first kappa shape index (κ1) is 32.2. The van der Waals surface area contributed by atoms with Gasteiger partial charge in [-0.15, -0.1) is 0 Å². The summed E-state index contributed by atoms with van der Waals surface area (Å²) in [6.07, 6.45) is 5.72. The zero-order chi connectivity index (χ0) is 31.3. The number of fused-ring (bicyclic) bond motifs is 7. The fourth-order valence-electron chi connectivity index (χ4n) is 11.5. The van der Waals surface area contributed by atoms with Crippen molar-refractivity contribution in [3.63, 3.8) is 0 Å². The minimum atomic E-state index is -1.23. The van der Waals surface area contributed by atoms with E-state index < -0.39 is 53.2 Å². The Bertz CT molecular complexity index is 1160. The van der Waals surface area contributed by atoms with Gasteiger partial charge in [-0.25, -0.2) is 4.79 Å². The second-order valence-electron chi connectivity index (χ2n) is 16.5. The van der Waals surface area contributed by atoms with Crippen LogP contribution in [0.15, 0.2) is 23.3 Å². The zero-order valence-corrected chi connectivity index (χ0v) is 27.1. The van der Waals surface area contributed by atoms with Crippen molar-refractivity contribution in [3.05, 3.63) is 23.3 Å². The SMILES string of the molecule is C/C=C(\C)C(=O)O[C@H]1[C@H](O)[C@]2(CO)[C@H](O)C[C@]3(C)C(=CC[C@H]4[C@@]5(C)CC[C@H](O)[C@](C)(CO)[C@@H]5CC[C@]43C)[C@@H]2CC1(C)C. The van der Waals surface area contributed by atoms with Crippen LogP contribution in [0.4, 0.5) is 0 Å². The minimum Gasteiger partial charge on any atom is -0.456 e. The second kappa shape index (κ2) is 10.1. The van der Waals surface area contributed by atoms with Gasteiger partial charge in [0.25, 0.3) is 0 Å². The smallest absolute Gasteiger partial charge is 0.333 e. The summed E-state index contributed by atoms with van der Waals surface area (Å²) < 4.78 is 5.93. The van der Waals surface area contributed by atoms with E-state index in [2.05, 4.69) is 33.8 Å². The molecule has 7 nitrogen and oxygen atoms in total. The molecule has 238 valence electrons. The maximum Gasteiger partial charge on any atom is 0.333 e. The summed E-state index contributed by atoms with van der Waals surface area (Å²) in [7, 11) is 0. The first-order valence-electron chi connectivity index (χ1n) is 16.2. The van der Waals surface area contributed by atoms with Gasteiger partial charge in [0.15, 0.2) is 0 Å². The van der Waals surface area contributed by atoms with E-state index in [-0.39, 0.29) is 34.7 Å². The van der Waals surface area contributed by atoms with Crippen molar-refractivity contribution < 1.29 is 35.1 Å². The average molecular weight is 589 g/mol. The Kier molecular flexibility index (Phi) is 7.76. The fraction of sp³-hybridized carbons (Fsp3) is 0.857. The van der Waals surface area contributed by atoms with Crippen LogP contribution in [0, 0.1) is 50.2 Å². The van der Waals surface area contributed by atoms with Crippen molar-refractivity contribution in [2.45, 2.75) is 125 Å². The standard InChI is InChI=1S/C35H56O7/c1-9-20(2)29(41)42-28-27(40)35(19-37)22(16-30(28,3)4)21-10-11-24-31(5)14-13-25(38)32(6,18-36)23(31)12-15-33(24,7)34(21,8)17-26(35)39/h9-10,22-28,36-40H,11-19H2,1-8H3/b20-9+/t22-,23+,24-,25-,26+,27-,28-,31-,32+,33+,34+,35-/m0/s1. The Morgan fingerprint density at radius 1 is 0.952 bits per heavy atom. The first-order valence-corrected chi connectivity index (χ1v) is 16.2. The van der Waals surface area contributed by atoms with Crippen LogP contribution in [0.1, 0.15) is 100 Å². The van der Waals surface area contributed by atoms with E-state index in [1.54, 1.807) is 19.9 Å². The monoisotopic (exact) mass is 588 g/mol. The lowest BCUT2D eigenvalue weighted by Gasteiger charge is -2.72. The molecule has 5 rings (SSSR count). The van der Waals surface area contributed by atoms with Crippen molar-refractivity contribution in [1.82, 2.24) is 0 Å². The lowest BCUT2D eigenvalue weighted by Crippen LogP contribution is -2.72. The zero-order valence-electron chi connectivity index (χ0n) is 27.1. The predicted molar refractivity (Wildman–Crippen MR) is 161 cm³/mol. The quantitative estimate of drug-likeness (QED) is 0.185. The van der Waals surface area contributed by atoms with Crippen molar-refractivity contribution in [3.8, 4) is 0 Å². The third-order valence-electron chi connectivity index (χ3n) is 14.5. The maximum atomic E-state index is 12.9. The summed E-state index contributed by atoms with van der Waals surface area (Å²) >= 11 is 0. The Labute approximate surface area is 252 Å². The van der Waals surface area contributed by atoms with E-state index in [0.717, 1.165) is 25.7 Å². The van der Waals surface area contributed by atoms with Gasteiger partial charge in [-0.05, 0) is 92.8 Å². The van der Waals surface area contributed by atoms with Crippen LogP contribution in [0.25, 0.3) is 0 Å². The highest BCUT2D eigenvalue weighted by Gasteiger charge is 2.72. The van der Waals surface area contributed by atoms with E-state index in [4.69, 9.17) is 4.74 Å². The van der Waals surface area contributed by atoms with Gasteiger partial charge in [0.05, 0.1) is 30.8 Å². The summed E-state index contributed by atoms with van der Waals surface area (Å²) in [4.78, 5) is 12.9. The molecule has 0 aromatic carbocycles. The molecule has 5 aliphatic rings. The molecule has 0 spiro atoms. The third kappa shape index (κ3) is 3.92. The van der Waals surface area contributed by atoms with Crippen molar-refractivity contribution >= 4 is 5.97 Å². The summed E-state index contributed by atoms with van der Waals surface area (Å²) in [5, 5.41) is 56.6. The van der Waals surface area contributed by atoms with Gasteiger partial charge in [-0.3, -0.25) is 0 Å². The van der Waals surface area contributed by atoms with Gasteiger partial charge in [-0.2, -0.15) is 0 Å². The van der Waals surface area contributed by atoms with Gasteiger partial charge in [0.2, 0.25) is 0 Å². The molecular formula is C35H56O7. The van der Waals surface area contributed by atoms with E-state index in [9.17, 15) is 30.3 Å². The summed E-state index contributed by atoms with van der Waals surface area (Å²) in [5.74, 6) is -0.241. The molecule has 0 unspecified atom stereocenters. The van der Waals surface area contributed by atoms with Crippen LogP contribution in [-0.4, -0.2) is 69.1 Å². The van der Waals surface area contributed by atoms with Crippen LogP contribution in [-0.2, 0) is 9.53 Å². The molecule has 7 heteroatoms. The number of allylic oxidation sites excluding steroid dienone is 3. The van der Waals surface area contributed by atoms with Crippen molar-refractivity contribution in [2.24, 2.45) is 50.2 Å². The molecule has 0 bridgehead atoms. The molecule has 0 aromatic rings. The highest BCUT2D eigenvalue weighted by molar-refractivity contribution is 5.87. The number of ether oxygens (including phenoxy) is 1. The molecule has 0 saturated heterocycles. The Hall–Kier alpha value is -1.25. The number of carbonyl (C=O) groups is 1. The van der Waals surface area contributed by atoms with Crippen LogP contribution >= 0.6 is 0 Å². The number of carbonyl (C=O) groups excluding carboxylic acids is 1. The maximum absolute atomic E-state index is 12.9. The summed E-state index contributed by atoms with van der Waals surface area (Å²) in [5.41, 5.74) is -1.25. The normalized spacial score (nSPS) is 51.8. The summed E-state index contributed by atoms with van der Waals surface area (Å²) in [6.45, 7) is 16.2. The molecule has 12 atom stereocenters. The van der Waals surface area contributed by atoms with Gasteiger partial charge in [0, 0.05) is 16.4 Å². The minimum absolute atomic E-state index is 0.0255. The van der Waals surface area contributed by atoms with Crippen LogP contribution in [0.5, 0.6) is 0 Å². The number of hydrogen-bond acceptors (Lipinski definition) is 7. The number of aliphatic hydroxyl groups excluding tert-OH is 5. The molecule has 4 fully saturated rings. The first-order chi connectivity index (χ1) is 19.4. The van der Waals surface area contributed by atoms with Crippen LogP contribution in [0.3, 0.4) is 0 Å². The van der Waals surface area contributed by atoms with E-state index in [0.29, 0.717) is 30.8 Å². The van der Waals surface area contributed by atoms with Crippen molar-refractivity contribution in [2.75, 3.05) is 13.2 Å². The van der Waals surface area contributed by atoms with Crippen molar-refractivity contribution in [1.29, 1.82) is 0 Å². The van der Waals surface area contributed by atoms with Gasteiger partial charge < -0.3 is 30.3 Å². The summed E-state index contributed by atoms with van der Waals surface area (Å²) in [6, 6.07) is 0. The van der Waals surface area contributed by atoms with Crippen LogP contribution in [0.2, 0.25) is 0 Å². The predicted octanol–water partition coefficient (Wildman–Crippen LogP) is 4.54. The molecule has 5 aliphatic carbocycles. The van der Waals surface area contributed by atoms with Crippen LogP contribution < -0.4 is 0 Å². The van der Waals surface area contributed by atoms with E-state index in [1.165, 1.54) is 5.57 Å². The Morgan fingerprint density at radius 3 is 2.21 bits per heavy atom. The van der Waals surface area contributed by atoms with E-state index in [1.807, 2.05) is 13.8 Å². The molecule has 0 amide bonds. The molecule has 0 heterocycles. The Balaban J connectivity index is 1.58. The molecule has 5 N–H and O–H groups in total. The second-order valence-corrected chi connectivity index (χ2v) is 16.5. The van der Waals surface area contributed by atoms with E-state index >= 15 is 0 Å². The number of esters is 1. The molecule has 0 aliphatic heterocycles. The average Bonchev–Trinajstić information content (AvgIpc) is 2.93. The number of rotatable bonds is 4. The highest BCUT2D eigenvalue weighted by atomic mass is 16.6. The van der Waals surface area contributed by atoms with Gasteiger partial charge >= 0.3 is 5.97 Å². The molecule has 0 radical (unpaired) electrons. The number of aliphatic hydroxyl groups is 5. The third-order valence-corrected chi connectivity index (χ3v) is 14.5. The number of hydrogen-bond donors (Lipinski definition) is 5. The molecular weight excluding hydrogens is 532 g/mol. The molecule has 4 saturated carbocycles. The van der Waals surface area contributed by atoms with Gasteiger partial charge in [-0.1, -0.05) is 59.3 Å². The largest absolute Gasteiger partial charge is 0.456 e. The van der Waals surface area contributed by atoms with Gasteiger partial charge in [0.1, 0.15) is 12.2 Å². The molecule has 42 heavy (non-hydrogen) atoms. The lowest BCUT2D eigenvalue weighted by molar-refractivity contribution is -0.262. The topological polar surface area (TPSA) is 127 Å².